The molecular formula is C21H17N3O4S. The van der Waals surface area contributed by atoms with Gasteiger partial charge in [0.2, 0.25) is 0 Å². The summed E-state index contributed by atoms with van der Waals surface area (Å²) in [6, 6.07) is 11.8. The van der Waals surface area contributed by atoms with Crippen LogP contribution >= 0.6 is 11.3 Å². The van der Waals surface area contributed by atoms with Crippen molar-refractivity contribution in [1.29, 1.82) is 5.26 Å². The molecule has 8 heteroatoms. The van der Waals surface area contributed by atoms with Crippen LogP contribution in [0.4, 0.5) is 5.13 Å². The third-order valence-corrected chi connectivity index (χ3v) is 5.68. The van der Waals surface area contributed by atoms with Gasteiger partial charge in [0.1, 0.15) is 10.6 Å². The molecule has 0 spiro atoms. The number of amides is 1. The van der Waals surface area contributed by atoms with Crippen molar-refractivity contribution < 1.29 is 18.7 Å². The number of thiazole rings is 1. The number of hydrogen-bond donors (Lipinski definition) is 1. The predicted octanol–water partition coefficient (Wildman–Crippen LogP) is 4.14. The second kappa shape index (κ2) is 8.39. The summed E-state index contributed by atoms with van der Waals surface area (Å²) in [5.74, 6) is -0.00843. The van der Waals surface area contributed by atoms with Crippen molar-refractivity contribution in [2.45, 2.75) is 12.8 Å². The lowest BCUT2D eigenvalue weighted by Crippen LogP contribution is -2.23. The van der Waals surface area contributed by atoms with Crippen molar-refractivity contribution in [3.63, 3.8) is 0 Å². The Morgan fingerprint density at radius 3 is 2.59 bits per heavy atom. The van der Waals surface area contributed by atoms with Gasteiger partial charge in [-0.15, -0.1) is 0 Å². The number of benzene rings is 1. The van der Waals surface area contributed by atoms with Crippen LogP contribution in [-0.4, -0.2) is 29.9 Å². The Morgan fingerprint density at radius 2 is 1.93 bits per heavy atom. The standard InChI is InChI=1S/C21H17N3O4S/c22-12-13-3-5-15(6-4-13)20(26)24-21-23-17(16-2-1-9-28-16)19(29-21)18(25)14-7-10-27-11-8-14/h1-6,9,14H,7-8,10-11H2,(H,23,24,26). The number of aromatic nitrogens is 1. The largest absolute Gasteiger partial charge is 0.463 e. The number of hydrogen-bond acceptors (Lipinski definition) is 7. The summed E-state index contributed by atoms with van der Waals surface area (Å²) in [5.41, 5.74) is 1.31. The van der Waals surface area contributed by atoms with Gasteiger partial charge in [0.15, 0.2) is 16.7 Å². The minimum Gasteiger partial charge on any atom is -0.463 e. The van der Waals surface area contributed by atoms with Crippen LogP contribution in [-0.2, 0) is 4.74 Å². The Bertz CT molecular complexity index is 1060. The number of anilines is 1. The average molecular weight is 407 g/mol. The van der Waals surface area contributed by atoms with E-state index in [0.29, 0.717) is 58.6 Å². The molecule has 1 fully saturated rings. The molecule has 1 aromatic carbocycles. The van der Waals surface area contributed by atoms with E-state index < -0.39 is 0 Å². The molecule has 1 aliphatic rings. The fourth-order valence-corrected chi connectivity index (χ4v) is 4.12. The van der Waals surface area contributed by atoms with Gasteiger partial charge >= 0.3 is 0 Å². The quantitative estimate of drug-likeness (QED) is 0.638. The first-order valence-electron chi connectivity index (χ1n) is 9.14. The Kier molecular flexibility index (Phi) is 5.51. The molecule has 1 amide bonds. The molecule has 0 unspecified atom stereocenters. The Hall–Kier alpha value is -3.28. The number of nitrogens with zero attached hydrogens (tertiary/aromatic N) is 2. The molecule has 2 aromatic heterocycles. The highest BCUT2D eigenvalue weighted by Gasteiger charge is 2.29. The summed E-state index contributed by atoms with van der Waals surface area (Å²) >= 11 is 1.14. The van der Waals surface area contributed by atoms with E-state index in [1.165, 1.54) is 6.26 Å². The molecule has 0 radical (unpaired) electrons. The van der Waals surface area contributed by atoms with E-state index in [4.69, 9.17) is 14.4 Å². The summed E-state index contributed by atoms with van der Waals surface area (Å²) < 4.78 is 10.8. The maximum absolute atomic E-state index is 13.1. The first kappa shape index (κ1) is 19.1. The smallest absolute Gasteiger partial charge is 0.257 e. The highest BCUT2D eigenvalue weighted by Crippen LogP contribution is 2.35. The predicted molar refractivity (Wildman–Crippen MR) is 107 cm³/mol. The lowest BCUT2D eigenvalue weighted by Gasteiger charge is -2.20. The third kappa shape index (κ3) is 4.11. The second-order valence-electron chi connectivity index (χ2n) is 6.57. The highest BCUT2D eigenvalue weighted by molar-refractivity contribution is 7.18. The van der Waals surface area contributed by atoms with Crippen molar-refractivity contribution >= 4 is 28.2 Å². The zero-order valence-corrected chi connectivity index (χ0v) is 16.2. The maximum atomic E-state index is 13.1. The number of Topliss-reactive ketones (excluding diaryl/α,β-unsaturated/α-hetero) is 1. The molecule has 7 nitrogen and oxygen atoms in total. The van der Waals surface area contributed by atoms with Crippen molar-refractivity contribution in [2.75, 3.05) is 18.5 Å². The molecule has 0 bridgehead atoms. The van der Waals surface area contributed by atoms with Gasteiger partial charge in [0, 0.05) is 24.7 Å². The SMILES string of the molecule is N#Cc1ccc(C(=O)Nc2nc(-c3ccco3)c(C(=O)C3CCOCC3)s2)cc1. The minimum absolute atomic E-state index is 0.00364. The van der Waals surface area contributed by atoms with E-state index in [0.717, 1.165) is 11.3 Å². The van der Waals surface area contributed by atoms with E-state index in [1.807, 2.05) is 6.07 Å². The van der Waals surface area contributed by atoms with Crippen LogP contribution in [0.25, 0.3) is 11.5 Å². The van der Waals surface area contributed by atoms with Gasteiger partial charge in [-0.25, -0.2) is 4.98 Å². The maximum Gasteiger partial charge on any atom is 0.257 e. The molecule has 29 heavy (non-hydrogen) atoms. The summed E-state index contributed by atoms with van der Waals surface area (Å²) in [7, 11) is 0. The van der Waals surface area contributed by atoms with Crippen LogP contribution in [0.1, 0.15) is 38.4 Å². The first-order chi connectivity index (χ1) is 14.2. The number of nitriles is 1. The van der Waals surface area contributed by atoms with Gasteiger partial charge < -0.3 is 9.15 Å². The lowest BCUT2D eigenvalue weighted by molar-refractivity contribution is 0.0547. The summed E-state index contributed by atoms with van der Waals surface area (Å²) in [6.07, 6.45) is 2.86. The molecule has 4 rings (SSSR count). The highest BCUT2D eigenvalue weighted by atomic mass is 32.1. The normalized spacial score (nSPS) is 14.3. The van der Waals surface area contributed by atoms with E-state index in [-0.39, 0.29) is 17.6 Å². The summed E-state index contributed by atoms with van der Waals surface area (Å²) in [6.45, 7) is 1.13. The van der Waals surface area contributed by atoms with Crippen LogP contribution in [0.3, 0.4) is 0 Å². The number of carbonyl (C=O) groups excluding carboxylic acids is 2. The van der Waals surface area contributed by atoms with Crippen LogP contribution < -0.4 is 5.32 Å². The van der Waals surface area contributed by atoms with Gasteiger partial charge in [-0.05, 0) is 49.2 Å². The van der Waals surface area contributed by atoms with Crippen molar-refractivity contribution in [1.82, 2.24) is 4.98 Å². The van der Waals surface area contributed by atoms with Crippen LogP contribution in [0.5, 0.6) is 0 Å². The van der Waals surface area contributed by atoms with Crippen LogP contribution in [0.2, 0.25) is 0 Å². The molecular weight excluding hydrogens is 390 g/mol. The number of nitrogens with one attached hydrogen (secondary N) is 1. The second-order valence-corrected chi connectivity index (χ2v) is 7.57. The summed E-state index contributed by atoms with van der Waals surface area (Å²) in [4.78, 5) is 30.6. The number of ketones is 1. The Labute approximate surface area is 170 Å². The van der Waals surface area contributed by atoms with Crippen molar-refractivity contribution in [3.8, 4) is 17.5 Å². The Balaban J connectivity index is 1.61. The fraction of sp³-hybridized carbons (Fsp3) is 0.238. The third-order valence-electron chi connectivity index (χ3n) is 4.69. The van der Waals surface area contributed by atoms with Gasteiger partial charge in [0.05, 0.1) is 17.9 Å². The van der Waals surface area contributed by atoms with Crippen LogP contribution in [0, 0.1) is 17.2 Å². The van der Waals surface area contributed by atoms with E-state index in [2.05, 4.69) is 10.3 Å². The molecule has 0 atom stereocenters. The number of rotatable bonds is 5. The average Bonchev–Trinajstić information content (AvgIpc) is 3.44. The Morgan fingerprint density at radius 1 is 1.17 bits per heavy atom. The fourth-order valence-electron chi connectivity index (χ4n) is 3.13. The summed E-state index contributed by atoms with van der Waals surface area (Å²) in [5, 5.41) is 11.9. The zero-order chi connectivity index (χ0) is 20.2. The lowest BCUT2D eigenvalue weighted by atomic mass is 9.94. The number of furan rings is 1. The van der Waals surface area contributed by atoms with E-state index >= 15 is 0 Å². The van der Waals surface area contributed by atoms with Crippen LogP contribution in [0.15, 0.2) is 47.1 Å². The molecule has 1 N–H and O–H groups in total. The zero-order valence-electron chi connectivity index (χ0n) is 15.4. The molecule has 1 aliphatic heterocycles. The number of carbonyl (C=O) groups is 2. The van der Waals surface area contributed by atoms with Gasteiger partial charge in [0.25, 0.3) is 5.91 Å². The van der Waals surface area contributed by atoms with Gasteiger partial charge in [-0.2, -0.15) is 5.26 Å². The first-order valence-corrected chi connectivity index (χ1v) is 9.95. The molecule has 0 saturated carbocycles. The molecule has 0 aliphatic carbocycles. The monoisotopic (exact) mass is 407 g/mol. The number of ether oxygens (including phenoxy) is 1. The molecule has 3 heterocycles. The van der Waals surface area contributed by atoms with E-state index in [1.54, 1.807) is 36.4 Å². The molecule has 146 valence electrons. The van der Waals surface area contributed by atoms with Crippen molar-refractivity contribution in [3.05, 3.63) is 58.7 Å². The minimum atomic E-state index is -0.362. The van der Waals surface area contributed by atoms with Crippen molar-refractivity contribution in [2.24, 2.45) is 5.92 Å². The van der Waals surface area contributed by atoms with Gasteiger partial charge in [-0.3, -0.25) is 14.9 Å². The molecule has 3 aromatic rings. The van der Waals surface area contributed by atoms with Gasteiger partial charge in [-0.1, -0.05) is 11.3 Å². The topological polar surface area (TPSA) is 105 Å². The molecule has 1 saturated heterocycles. The van der Waals surface area contributed by atoms with E-state index in [9.17, 15) is 9.59 Å².